The second kappa shape index (κ2) is 5.52. The largest absolute Gasteiger partial charge is 0.280 e. The van der Waals surface area contributed by atoms with Gasteiger partial charge in [0.05, 0.1) is 27.8 Å². The van der Waals surface area contributed by atoms with Gasteiger partial charge in [-0.25, -0.2) is 8.42 Å². The van der Waals surface area contributed by atoms with E-state index in [1.807, 2.05) is 0 Å². The lowest BCUT2D eigenvalue weighted by Gasteiger charge is -2.08. The van der Waals surface area contributed by atoms with Gasteiger partial charge in [0.15, 0.2) is 0 Å². The summed E-state index contributed by atoms with van der Waals surface area (Å²) in [6.07, 6.45) is 0. The van der Waals surface area contributed by atoms with Gasteiger partial charge in [-0.15, -0.1) is 0 Å². The van der Waals surface area contributed by atoms with Gasteiger partial charge < -0.3 is 0 Å². The maximum atomic E-state index is 12.1. The first-order chi connectivity index (χ1) is 9.78. The Balaban J connectivity index is 2.16. The molecule has 1 aromatic carbocycles. The first-order valence-electron chi connectivity index (χ1n) is 6.04. The van der Waals surface area contributed by atoms with Gasteiger partial charge in [0, 0.05) is 12.1 Å². The first kappa shape index (κ1) is 15.0. The zero-order valence-corrected chi connectivity index (χ0v) is 12.3. The number of aryl methyl sites for hydroxylation is 2. The predicted octanol–water partition coefficient (Wildman–Crippen LogP) is 1.88. The molecule has 1 aromatic heterocycles. The van der Waals surface area contributed by atoms with Crippen molar-refractivity contribution in [3.63, 3.8) is 0 Å². The molecule has 0 atom stereocenters. The average Bonchev–Trinajstić information content (AvgIpc) is 2.70. The highest BCUT2D eigenvalue weighted by Gasteiger charge is 2.17. The van der Waals surface area contributed by atoms with Gasteiger partial charge in [0.2, 0.25) is 10.0 Å². The molecule has 0 saturated carbocycles. The van der Waals surface area contributed by atoms with E-state index in [2.05, 4.69) is 14.9 Å². The lowest BCUT2D eigenvalue weighted by Crippen LogP contribution is -2.16. The van der Waals surface area contributed by atoms with Crippen molar-refractivity contribution in [1.82, 2.24) is 10.2 Å². The molecule has 0 aliphatic heterocycles. The molecule has 112 valence electrons. The number of non-ortho nitro benzene ring substituents is 1. The fourth-order valence-electron chi connectivity index (χ4n) is 1.83. The summed E-state index contributed by atoms with van der Waals surface area (Å²) < 4.78 is 26.7. The third kappa shape index (κ3) is 3.57. The van der Waals surface area contributed by atoms with E-state index in [4.69, 9.17) is 0 Å². The van der Waals surface area contributed by atoms with E-state index in [1.165, 1.54) is 24.3 Å². The molecule has 0 spiro atoms. The Morgan fingerprint density at radius 2 is 1.90 bits per heavy atom. The molecule has 2 aromatic rings. The van der Waals surface area contributed by atoms with Crippen LogP contribution in [0.3, 0.4) is 0 Å². The molecule has 1 heterocycles. The number of hydrogen-bond donors (Lipinski definition) is 2. The van der Waals surface area contributed by atoms with Crippen LogP contribution in [0.1, 0.15) is 17.0 Å². The van der Waals surface area contributed by atoms with Crippen LogP contribution < -0.4 is 4.72 Å². The lowest BCUT2D eigenvalue weighted by atomic mass is 10.2. The molecule has 21 heavy (non-hydrogen) atoms. The Morgan fingerprint density at radius 3 is 2.38 bits per heavy atom. The predicted molar refractivity (Wildman–Crippen MR) is 77.4 cm³/mol. The van der Waals surface area contributed by atoms with Gasteiger partial charge in [-0.1, -0.05) is 12.1 Å². The van der Waals surface area contributed by atoms with E-state index in [0.717, 1.165) is 0 Å². The number of aromatic nitrogens is 2. The number of sulfonamides is 1. The summed E-state index contributed by atoms with van der Waals surface area (Å²) >= 11 is 0. The summed E-state index contributed by atoms with van der Waals surface area (Å²) in [6, 6.07) is 5.40. The summed E-state index contributed by atoms with van der Waals surface area (Å²) in [5, 5.41) is 17.2. The van der Waals surface area contributed by atoms with Gasteiger partial charge in [-0.05, 0) is 19.4 Å². The Morgan fingerprint density at radius 1 is 1.29 bits per heavy atom. The normalized spacial score (nSPS) is 11.3. The number of nitrogens with one attached hydrogen (secondary N) is 2. The molecule has 0 unspecified atom stereocenters. The molecule has 2 rings (SSSR count). The third-order valence-electron chi connectivity index (χ3n) is 2.89. The van der Waals surface area contributed by atoms with Gasteiger partial charge >= 0.3 is 0 Å². The molecule has 0 radical (unpaired) electrons. The highest BCUT2D eigenvalue weighted by molar-refractivity contribution is 7.91. The molecule has 0 aliphatic rings. The van der Waals surface area contributed by atoms with Crippen LogP contribution in [0.5, 0.6) is 0 Å². The van der Waals surface area contributed by atoms with E-state index < -0.39 is 14.9 Å². The van der Waals surface area contributed by atoms with Crippen LogP contribution >= 0.6 is 0 Å². The molecule has 2 N–H and O–H groups in total. The summed E-state index contributed by atoms with van der Waals surface area (Å²) in [4.78, 5) is 10.0. The minimum atomic E-state index is -3.62. The number of hydrogen-bond acceptors (Lipinski definition) is 5. The van der Waals surface area contributed by atoms with Gasteiger partial charge in [0.25, 0.3) is 5.69 Å². The highest BCUT2D eigenvalue weighted by Crippen LogP contribution is 2.20. The van der Waals surface area contributed by atoms with E-state index >= 15 is 0 Å². The van der Waals surface area contributed by atoms with Crippen LogP contribution in [0, 0.1) is 24.0 Å². The molecule has 0 amide bonds. The maximum Gasteiger partial charge on any atom is 0.269 e. The Kier molecular flexibility index (Phi) is 3.94. The second-order valence-corrected chi connectivity index (χ2v) is 6.32. The van der Waals surface area contributed by atoms with E-state index in [0.29, 0.717) is 22.6 Å². The fourth-order valence-corrected chi connectivity index (χ4v) is 3.14. The third-order valence-corrected chi connectivity index (χ3v) is 4.12. The van der Waals surface area contributed by atoms with E-state index in [1.54, 1.807) is 13.8 Å². The van der Waals surface area contributed by atoms with Crippen molar-refractivity contribution in [3.8, 4) is 0 Å². The number of H-pyrrole nitrogens is 1. The first-order valence-corrected chi connectivity index (χ1v) is 7.69. The Labute approximate surface area is 121 Å². The zero-order valence-electron chi connectivity index (χ0n) is 11.5. The molecule has 0 bridgehead atoms. The summed E-state index contributed by atoms with van der Waals surface area (Å²) in [5.74, 6) is -0.269. The zero-order chi connectivity index (χ0) is 15.6. The molecule has 0 aliphatic carbocycles. The van der Waals surface area contributed by atoms with Gasteiger partial charge in [-0.2, -0.15) is 5.10 Å². The second-order valence-electron chi connectivity index (χ2n) is 4.59. The quantitative estimate of drug-likeness (QED) is 0.645. The number of aromatic amines is 1. The van der Waals surface area contributed by atoms with Crippen molar-refractivity contribution in [1.29, 1.82) is 0 Å². The van der Waals surface area contributed by atoms with Crippen LogP contribution in [-0.4, -0.2) is 23.5 Å². The van der Waals surface area contributed by atoms with Crippen LogP contribution in [-0.2, 0) is 15.8 Å². The summed E-state index contributed by atoms with van der Waals surface area (Å²) in [5.41, 5.74) is 1.99. The molecule has 9 heteroatoms. The van der Waals surface area contributed by atoms with Crippen LogP contribution in [0.25, 0.3) is 0 Å². The number of nitro benzene ring substituents is 1. The summed E-state index contributed by atoms with van der Waals surface area (Å²) in [6.45, 7) is 3.40. The maximum absolute atomic E-state index is 12.1. The van der Waals surface area contributed by atoms with Crippen molar-refractivity contribution in [2.45, 2.75) is 19.6 Å². The van der Waals surface area contributed by atoms with Crippen molar-refractivity contribution >= 4 is 21.4 Å². The molecule has 0 fully saturated rings. The van der Waals surface area contributed by atoms with E-state index in [-0.39, 0.29) is 11.4 Å². The van der Waals surface area contributed by atoms with Crippen LogP contribution in [0.4, 0.5) is 11.4 Å². The van der Waals surface area contributed by atoms with Crippen molar-refractivity contribution in [3.05, 3.63) is 51.3 Å². The Hall–Kier alpha value is -2.42. The highest BCUT2D eigenvalue weighted by atomic mass is 32.2. The van der Waals surface area contributed by atoms with Crippen molar-refractivity contribution in [2.75, 3.05) is 4.72 Å². The number of nitro groups is 1. The minimum absolute atomic E-state index is 0.0781. The van der Waals surface area contributed by atoms with Gasteiger partial charge in [-0.3, -0.25) is 19.9 Å². The van der Waals surface area contributed by atoms with Crippen LogP contribution in [0.2, 0.25) is 0 Å². The molecule has 0 saturated heterocycles. The molecule has 8 nitrogen and oxygen atoms in total. The summed E-state index contributed by atoms with van der Waals surface area (Å²) in [7, 11) is -3.62. The number of anilines is 1. The number of rotatable bonds is 5. The fraction of sp³-hybridized carbons (Fsp3) is 0.250. The standard InChI is InChI=1S/C12H14N4O4S/c1-8-12(9(2)14-13-8)15-21(19,20)7-10-3-5-11(6-4-10)16(17)18/h3-6,15H,7H2,1-2H3,(H,13,14). The minimum Gasteiger partial charge on any atom is -0.280 e. The van der Waals surface area contributed by atoms with Crippen molar-refractivity contribution in [2.24, 2.45) is 0 Å². The number of nitrogens with zero attached hydrogens (tertiary/aromatic N) is 2. The van der Waals surface area contributed by atoms with E-state index in [9.17, 15) is 18.5 Å². The molecular formula is C12H14N4O4S. The van der Waals surface area contributed by atoms with Gasteiger partial charge in [0.1, 0.15) is 0 Å². The SMILES string of the molecule is Cc1n[nH]c(C)c1NS(=O)(=O)Cc1ccc([N+](=O)[O-])cc1. The Bertz CT molecular complexity index is 746. The van der Waals surface area contributed by atoms with Crippen molar-refractivity contribution < 1.29 is 13.3 Å². The lowest BCUT2D eigenvalue weighted by molar-refractivity contribution is -0.384. The topological polar surface area (TPSA) is 118 Å². The molecular weight excluding hydrogens is 296 g/mol. The number of benzene rings is 1. The average molecular weight is 310 g/mol. The smallest absolute Gasteiger partial charge is 0.269 e. The monoisotopic (exact) mass is 310 g/mol. The van der Waals surface area contributed by atoms with Crippen LogP contribution in [0.15, 0.2) is 24.3 Å².